The third-order valence-corrected chi connectivity index (χ3v) is 11.4. The first kappa shape index (κ1) is 40.4. The number of nitriles is 1. The molecule has 3 aromatic carbocycles. The summed E-state index contributed by atoms with van der Waals surface area (Å²) in [5.41, 5.74) is 0.0529. The summed E-state index contributed by atoms with van der Waals surface area (Å²) in [6.07, 6.45) is -1.55. The number of hydrogen-bond donors (Lipinski definition) is 2. The van der Waals surface area contributed by atoms with Gasteiger partial charge in [0.25, 0.3) is 11.5 Å². The van der Waals surface area contributed by atoms with Gasteiger partial charge < -0.3 is 23.5 Å². The van der Waals surface area contributed by atoms with Crippen LogP contribution in [0.25, 0.3) is 0 Å². The fourth-order valence-electron chi connectivity index (χ4n) is 6.72. The van der Waals surface area contributed by atoms with Crippen molar-refractivity contribution in [2.24, 2.45) is 0 Å². The van der Waals surface area contributed by atoms with Gasteiger partial charge in [-0.25, -0.2) is 9.46 Å². The zero-order valence-electron chi connectivity index (χ0n) is 31.6. The van der Waals surface area contributed by atoms with Crippen molar-refractivity contribution >= 4 is 14.4 Å². The number of nitrogens with zero attached hydrogens (tertiary/aromatic N) is 3. The zero-order chi connectivity index (χ0) is 39.0. The van der Waals surface area contributed by atoms with Gasteiger partial charge in [0, 0.05) is 30.3 Å². The molecular weight excluding hydrogens is 709 g/mol. The van der Waals surface area contributed by atoms with Crippen LogP contribution in [0.1, 0.15) is 69.0 Å². The highest BCUT2D eigenvalue weighted by molar-refractivity contribution is 7.48. The molecule has 14 heteroatoms. The van der Waals surface area contributed by atoms with Crippen LogP contribution in [-0.2, 0) is 24.4 Å². The summed E-state index contributed by atoms with van der Waals surface area (Å²) < 4.78 is 34.4. The Balaban J connectivity index is 1.67. The minimum absolute atomic E-state index is 0.0126. The summed E-state index contributed by atoms with van der Waals surface area (Å²) in [5, 5.41) is 12.3. The lowest BCUT2D eigenvalue weighted by Gasteiger charge is -2.39. The van der Waals surface area contributed by atoms with Gasteiger partial charge in [-0.3, -0.25) is 24.2 Å². The minimum Gasteiger partial charge on any atom is -0.497 e. The topological polar surface area (TPSA) is 157 Å². The van der Waals surface area contributed by atoms with E-state index >= 15 is 0 Å². The molecule has 4 aromatic rings. The van der Waals surface area contributed by atoms with Crippen LogP contribution in [-0.4, -0.2) is 65.2 Å². The van der Waals surface area contributed by atoms with Crippen LogP contribution in [0.4, 0.5) is 0 Å². The van der Waals surface area contributed by atoms with Crippen molar-refractivity contribution in [2.45, 2.75) is 83.6 Å². The molecule has 1 amide bonds. The second-order valence-corrected chi connectivity index (χ2v) is 14.9. The number of aromatic nitrogens is 2. The van der Waals surface area contributed by atoms with E-state index in [1.165, 1.54) is 10.8 Å². The van der Waals surface area contributed by atoms with E-state index in [9.17, 15) is 19.6 Å². The summed E-state index contributed by atoms with van der Waals surface area (Å²) in [6.45, 7) is 9.73. The van der Waals surface area contributed by atoms with Crippen molar-refractivity contribution in [3.8, 4) is 17.6 Å². The normalized spacial score (nSPS) is 17.8. The number of amides is 1. The number of aryl methyl sites for hydroxylation is 1. The molecular formula is C40H48N5O8P. The Bertz CT molecular complexity index is 1960. The van der Waals surface area contributed by atoms with Gasteiger partial charge in [0.15, 0.2) is 6.10 Å². The van der Waals surface area contributed by atoms with Gasteiger partial charge in [-0.2, -0.15) is 5.26 Å². The Hall–Kier alpha value is -4.83. The molecule has 4 atom stereocenters. The second kappa shape index (κ2) is 18.0. The third-order valence-electron chi connectivity index (χ3n) is 9.19. The van der Waals surface area contributed by atoms with Crippen LogP contribution in [0.2, 0.25) is 0 Å². The summed E-state index contributed by atoms with van der Waals surface area (Å²) in [4.78, 5) is 42.5. The highest BCUT2D eigenvalue weighted by Gasteiger charge is 2.49. The molecule has 1 aromatic heterocycles. The number of ether oxygens (including phenoxy) is 4. The van der Waals surface area contributed by atoms with E-state index in [-0.39, 0.29) is 31.5 Å². The van der Waals surface area contributed by atoms with Crippen molar-refractivity contribution in [2.75, 3.05) is 20.8 Å². The number of benzene rings is 3. The maximum atomic E-state index is 14.6. The smallest absolute Gasteiger partial charge is 0.330 e. The van der Waals surface area contributed by atoms with Gasteiger partial charge in [-0.05, 0) is 75.6 Å². The summed E-state index contributed by atoms with van der Waals surface area (Å²) in [5.74, 6) is 0.779. The first-order valence-corrected chi connectivity index (χ1v) is 19.0. The van der Waals surface area contributed by atoms with Gasteiger partial charge in [0.05, 0.1) is 39.4 Å². The van der Waals surface area contributed by atoms with Gasteiger partial charge >= 0.3 is 5.69 Å². The predicted molar refractivity (Wildman–Crippen MR) is 205 cm³/mol. The molecule has 0 radical (unpaired) electrons. The van der Waals surface area contributed by atoms with E-state index in [1.807, 2.05) is 111 Å². The van der Waals surface area contributed by atoms with Crippen LogP contribution < -0.4 is 25.8 Å². The first-order chi connectivity index (χ1) is 25.9. The second-order valence-electron chi connectivity index (χ2n) is 13.4. The van der Waals surface area contributed by atoms with E-state index in [2.05, 4.69) is 16.1 Å². The number of nitrogens with one attached hydrogen (secondary N) is 2. The van der Waals surface area contributed by atoms with E-state index in [1.54, 1.807) is 21.1 Å². The van der Waals surface area contributed by atoms with E-state index in [4.69, 9.17) is 23.5 Å². The van der Waals surface area contributed by atoms with Gasteiger partial charge in [-0.15, -0.1) is 0 Å². The quantitative estimate of drug-likeness (QED) is 0.0799. The Morgan fingerprint density at radius 2 is 1.52 bits per heavy atom. The molecule has 0 saturated carbocycles. The Morgan fingerprint density at radius 3 is 2.04 bits per heavy atom. The van der Waals surface area contributed by atoms with Gasteiger partial charge in [0.1, 0.15) is 23.3 Å². The van der Waals surface area contributed by atoms with Crippen molar-refractivity contribution in [3.05, 3.63) is 128 Å². The van der Waals surface area contributed by atoms with Crippen molar-refractivity contribution in [1.29, 1.82) is 5.26 Å². The fourth-order valence-corrected chi connectivity index (χ4v) is 8.45. The zero-order valence-corrected chi connectivity index (χ0v) is 32.5. The first-order valence-electron chi connectivity index (χ1n) is 17.8. The predicted octanol–water partition coefficient (Wildman–Crippen LogP) is 5.92. The van der Waals surface area contributed by atoms with Gasteiger partial charge in [0.2, 0.25) is 8.45 Å². The maximum Gasteiger partial charge on any atom is 0.330 e. The van der Waals surface area contributed by atoms with Crippen LogP contribution in [0, 0.1) is 18.3 Å². The minimum atomic E-state index is -1.75. The number of carbonyl (C=O) groups excluding carboxylic acids is 1. The van der Waals surface area contributed by atoms with E-state index in [0.717, 1.165) is 16.7 Å². The Morgan fingerprint density at radius 1 is 0.963 bits per heavy atom. The molecule has 54 heavy (non-hydrogen) atoms. The number of methoxy groups -OCH3 is 2. The van der Waals surface area contributed by atoms with Crippen LogP contribution in [0.3, 0.4) is 0 Å². The van der Waals surface area contributed by atoms with Crippen LogP contribution in [0.5, 0.6) is 11.5 Å². The molecule has 286 valence electrons. The van der Waals surface area contributed by atoms with Crippen molar-refractivity contribution < 1.29 is 28.3 Å². The molecule has 1 aliphatic rings. The fraction of sp³-hybridized carbons (Fsp3) is 0.400. The highest BCUT2D eigenvalue weighted by Crippen LogP contribution is 2.47. The molecule has 1 fully saturated rings. The average molecular weight is 758 g/mol. The SMILES string of the molecule is COc1ccc(C(O[C@H]2C[C@H](n3cc(C)c(=O)[nH]c3=O)O[C@@H]2C(=O)NP(OCCC#N)N(C(C)C)C(C)C)(c2ccccc2)c2ccc(OC)cc2)cc1. The molecule has 5 rings (SSSR count). The van der Waals surface area contributed by atoms with Crippen LogP contribution >= 0.6 is 8.45 Å². The third kappa shape index (κ3) is 8.75. The van der Waals surface area contributed by atoms with Gasteiger partial charge in [-0.1, -0.05) is 54.6 Å². The molecule has 2 heterocycles. The number of carbonyl (C=O) groups is 1. The molecule has 2 N–H and O–H groups in total. The number of aromatic amines is 1. The number of rotatable bonds is 16. The molecule has 1 saturated heterocycles. The number of H-pyrrole nitrogens is 1. The maximum absolute atomic E-state index is 14.6. The standard InChI is InChI=1S/C40H48N5O8P/c1-26(2)45(27(3)4)54(51-23-11-22-41)43-38(47)36-34(24-35(52-36)44-25-28(5)37(46)42-39(44)48)53-40(29-12-9-8-10-13-29,30-14-18-32(49-6)19-15-30)31-16-20-33(50-7)21-17-31/h8-10,12-21,25-27,34-36H,11,23-24H2,1-7H3,(H,43,47)(H,42,46,48)/t34-,35+,36-,54?/m0/s1. The van der Waals surface area contributed by atoms with E-state index in [0.29, 0.717) is 17.1 Å². The lowest BCUT2D eigenvalue weighted by atomic mass is 9.79. The lowest BCUT2D eigenvalue weighted by molar-refractivity contribution is -0.143. The summed E-state index contributed by atoms with van der Waals surface area (Å²) in [6, 6.07) is 26.8. The highest BCUT2D eigenvalue weighted by atomic mass is 31.2. The summed E-state index contributed by atoms with van der Waals surface area (Å²) in [7, 11) is 1.44. The molecule has 0 bridgehead atoms. The van der Waals surface area contributed by atoms with Crippen molar-refractivity contribution in [3.63, 3.8) is 0 Å². The molecule has 1 aliphatic heterocycles. The van der Waals surface area contributed by atoms with Crippen molar-refractivity contribution in [1.82, 2.24) is 19.3 Å². The van der Waals surface area contributed by atoms with Crippen LogP contribution in [0.15, 0.2) is 94.6 Å². The number of hydrogen-bond acceptors (Lipinski definition) is 10. The Labute approximate surface area is 316 Å². The largest absolute Gasteiger partial charge is 0.497 e. The molecule has 0 spiro atoms. The summed E-state index contributed by atoms with van der Waals surface area (Å²) >= 11 is 0. The monoisotopic (exact) mass is 757 g/mol. The molecule has 13 nitrogen and oxygen atoms in total. The van der Waals surface area contributed by atoms with E-state index < -0.39 is 49.6 Å². The molecule has 0 aliphatic carbocycles. The average Bonchev–Trinajstić information content (AvgIpc) is 3.59. The Kier molecular flexibility index (Phi) is 13.5. The lowest BCUT2D eigenvalue weighted by Crippen LogP contribution is -2.47. The molecule has 1 unspecified atom stereocenters.